The highest BCUT2D eigenvalue weighted by Crippen LogP contribution is 2.21. The Morgan fingerprint density at radius 1 is 1.42 bits per heavy atom. The first-order valence-electron chi connectivity index (χ1n) is 8.87. The van der Waals surface area contributed by atoms with E-state index in [0.717, 1.165) is 12.0 Å². The van der Waals surface area contributed by atoms with Crippen LogP contribution in [0.3, 0.4) is 0 Å². The van der Waals surface area contributed by atoms with Gasteiger partial charge in [0, 0.05) is 24.6 Å². The summed E-state index contributed by atoms with van der Waals surface area (Å²) >= 11 is 0. The molecule has 26 heavy (non-hydrogen) atoms. The SMILES string of the molecule is CC(C)=CCOC1COCCC1NC(=O)c1ccccc1-c1ncc[nH]1. The van der Waals surface area contributed by atoms with Crippen LogP contribution in [0.25, 0.3) is 11.4 Å². The van der Waals surface area contributed by atoms with Gasteiger partial charge in [-0.1, -0.05) is 29.8 Å². The van der Waals surface area contributed by atoms with Crippen LogP contribution in [0.4, 0.5) is 0 Å². The minimum absolute atomic E-state index is 0.0773. The number of carbonyl (C=O) groups excluding carboxylic acids is 1. The van der Waals surface area contributed by atoms with Crippen molar-refractivity contribution in [2.24, 2.45) is 0 Å². The number of nitrogens with zero attached hydrogens (tertiary/aromatic N) is 1. The van der Waals surface area contributed by atoms with Gasteiger partial charge in [-0.3, -0.25) is 4.79 Å². The number of imidazole rings is 1. The number of aromatic amines is 1. The Morgan fingerprint density at radius 2 is 2.27 bits per heavy atom. The van der Waals surface area contributed by atoms with Crippen molar-refractivity contribution in [3.63, 3.8) is 0 Å². The van der Waals surface area contributed by atoms with Gasteiger partial charge in [0.25, 0.3) is 5.91 Å². The van der Waals surface area contributed by atoms with Crippen LogP contribution in [-0.4, -0.2) is 47.8 Å². The van der Waals surface area contributed by atoms with Crippen LogP contribution < -0.4 is 5.32 Å². The Bertz CT molecular complexity index is 751. The third-order valence-corrected chi connectivity index (χ3v) is 4.35. The zero-order chi connectivity index (χ0) is 18.4. The van der Waals surface area contributed by atoms with Crippen LogP contribution in [0.2, 0.25) is 0 Å². The van der Waals surface area contributed by atoms with Crippen LogP contribution in [0, 0.1) is 0 Å². The van der Waals surface area contributed by atoms with Crippen molar-refractivity contribution in [2.45, 2.75) is 32.4 Å². The fourth-order valence-corrected chi connectivity index (χ4v) is 2.93. The number of benzene rings is 1. The second-order valence-corrected chi connectivity index (χ2v) is 6.58. The highest BCUT2D eigenvalue weighted by Gasteiger charge is 2.28. The molecule has 2 aromatic rings. The summed E-state index contributed by atoms with van der Waals surface area (Å²) in [6.45, 7) is 5.69. The van der Waals surface area contributed by atoms with E-state index in [0.29, 0.717) is 31.2 Å². The van der Waals surface area contributed by atoms with Gasteiger partial charge in [0.15, 0.2) is 0 Å². The molecule has 138 valence electrons. The van der Waals surface area contributed by atoms with E-state index >= 15 is 0 Å². The standard InChI is InChI=1S/C20H25N3O3/c1-14(2)7-12-26-18-13-25-11-8-17(18)23-20(24)16-6-4-3-5-15(16)19-21-9-10-22-19/h3-7,9-10,17-18H,8,11-13H2,1-2H3,(H,21,22)(H,23,24). The van der Waals surface area contributed by atoms with Gasteiger partial charge in [-0.2, -0.15) is 0 Å². The first-order valence-corrected chi connectivity index (χ1v) is 8.87. The summed E-state index contributed by atoms with van der Waals surface area (Å²) in [5.41, 5.74) is 2.58. The molecule has 2 heterocycles. The fourth-order valence-electron chi connectivity index (χ4n) is 2.93. The van der Waals surface area contributed by atoms with Crippen molar-refractivity contribution in [2.75, 3.05) is 19.8 Å². The molecular weight excluding hydrogens is 330 g/mol. The maximum Gasteiger partial charge on any atom is 0.252 e. The van der Waals surface area contributed by atoms with E-state index in [4.69, 9.17) is 9.47 Å². The number of hydrogen-bond acceptors (Lipinski definition) is 4. The number of aromatic nitrogens is 2. The Morgan fingerprint density at radius 3 is 3.04 bits per heavy atom. The average molecular weight is 355 g/mol. The van der Waals surface area contributed by atoms with E-state index in [2.05, 4.69) is 15.3 Å². The molecule has 6 heteroatoms. The highest BCUT2D eigenvalue weighted by molar-refractivity contribution is 6.00. The van der Waals surface area contributed by atoms with Crippen molar-refractivity contribution >= 4 is 5.91 Å². The molecule has 1 aromatic carbocycles. The molecule has 2 unspecified atom stereocenters. The Balaban J connectivity index is 1.71. The lowest BCUT2D eigenvalue weighted by Crippen LogP contribution is -2.50. The van der Waals surface area contributed by atoms with Gasteiger partial charge in [-0.05, 0) is 26.3 Å². The Labute approximate surface area is 153 Å². The molecule has 1 amide bonds. The minimum atomic E-state index is -0.154. The molecule has 1 aromatic heterocycles. The predicted octanol–water partition coefficient (Wildman–Crippen LogP) is 2.95. The lowest BCUT2D eigenvalue weighted by atomic mass is 10.0. The number of allylic oxidation sites excluding steroid dienone is 1. The number of ether oxygens (including phenoxy) is 2. The van der Waals surface area contributed by atoms with Crippen molar-refractivity contribution in [3.05, 3.63) is 53.9 Å². The summed E-state index contributed by atoms with van der Waals surface area (Å²) in [5.74, 6) is 0.554. The maximum atomic E-state index is 12.9. The molecule has 0 radical (unpaired) electrons. The lowest BCUT2D eigenvalue weighted by Gasteiger charge is -2.32. The summed E-state index contributed by atoms with van der Waals surface area (Å²) in [5, 5.41) is 3.12. The van der Waals surface area contributed by atoms with E-state index in [9.17, 15) is 4.79 Å². The van der Waals surface area contributed by atoms with Gasteiger partial charge in [-0.25, -0.2) is 4.98 Å². The summed E-state index contributed by atoms with van der Waals surface area (Å²) in [6.07, 6.45) is 6.03. The normalized spacial score (nSPS) is 19.8. The van der Waals surface area contributed by atoms with Crippen molar-refractivity contribution < 1.29 is 14.3 Å². The summed E-state index contributed by atoms with van der Waals surface area (Å²) in [7, 11) is 0. The van der Waals surface area contributed by atoms with Crippen LogP contribution in [-0.2, 0) is 9.47 Å². The van der Waals surface area contributed by atoms with Crippen molar-refractivity contribution in [3.8, 4) is 11.4 Å². The third kappa shape index (κ3) is 4.59. The van der Waals surface area contributed by atoms with Gasteiger partial charge in [0.05, 0.1) is 24.8 Å². The monoisotopic (exact) mass is 355 g/mol. The molecule has 1 saturated heterocycles. The fraction of sp³-hybridized carbons (Fsp3) is 0.400. The van der Waals surface area contributed by atoms with Crippen molar-refractivity contribution in [1.29, 1.82) is 0 Å². The molecule has 0 aliphatic carbocycles. The first kappa shape index (κ1) is 18.4. The molecule has 0 bridgehead atoms. The largest absolute Gasteiger partial charge is 0.379 e. The van der Waals surface area contributed by atoms with Gasteiger partial charge in [-0.15, -0.1) is 0 Å². The zero-order valence-electron chi connectivity index (χ0n) is 15.2. The Kier molecular flexibility index (Phi) is 6.20. The van der Waals surface area contributed by atoms with Crippen LogP contribution in [0.5, 0.6) is 0 Å². The quantitative estimate of drug-likeness (QED) is 0.781. The molecule has 0 spiro atoms. The van der Waals surface area contributed by atoms with E-state index in [-0.39, 0.29) is 18.1 Å². The average Bonchev–Trinajstić information content (AvgIpc) is 3.17. The molecule has 2 atom stereocenters. The van der Waals surface area contributed by atoms with Gasteiger partial charge < -0.3 is 19.8 Å². The zero-order valence-corrected chi connectivity index (χ0v) is 15.2. The molecule has 1 aliphatic heterocycles. The molecule has 6 nitrogen and oxygen atoms in total. The maximum absolute atomic E-state index is 12.9. The molecule has 3 rings (SSSR count). The topological polar surface area (TPSA) is 76.2 Å². The molecule has 1 fully saturated rings. The number of rotatable bonds is 6. The van der Waals surface area contributed by atoms with Crippen LogP contribution in [0.1, 0.15) is 30.6 Å². The number of nitrogens with one attached hydrogen (secondary N) is 2. The number of amides is 1. The Hall–Kier alpha value is -2.44. The second kappa shape index (κ2) is 8.78. The summed E-state index contributed by atoms with van der Waals surface area (Å²) in [4.78, 5) is 20.2. The van der Waals surface area contributed by atoms with Gasteiger partial charge in [0.1, 0.15) is 11.9 Å². The summed E-state index contributed by atoms with van der Waals surface area (Å²) in [6, 6.07) is 7.38. The predicted molar refractivity (Wildman–Crippen MR) is 99.9 cm³/mol. The van der Waals surface area contributed by atoms with Crippen LogP contribution in [0.15, 0.2) is 48.3 Å². The highest BCUT2D eigenvalue weighted by atomic mass is 16.5. The molecular formula is C20H25N3O3. The van der Waals surface area contributed by atoms with Crippen LogP contribution >= 0.6 is 0 Å². The lowest BCUT2D eigenvalue weighted by molar-refractivity contribution is -0.0589. The second-order valence-electron chi connectivity index (χ2n) is 6.58. The van der Waals surface area contributed by atoms with E-state index in [1.54, 1.807) is 12.4 Å². The van der Waals surface area contributed by atoms with E-state index in [1.165, 1.54) is 5.57 Å². The van der Waals surface area contributed by atoms with Gasteiger partial charge >= 0.3 is 0 Å². The van der Waals surface area contributed by atoms with Crippen molar-refractivity contribution in [1.82, 2.24) is 15.3 Å². The number of carbonyl (C=O) groups is 1. The summed E-state index contributed by atoms with van der Waals surface area (Å²) < 4.78 is 11.4. The third-order valence-electron chi connectivity index (χ3n) is 4.35. The van der Waals surface area contributed by atoms with Gasteiger partial charge in [0.2, 0.25) is 0 Å². The molecule has 2 N–H and O–H groups in total. The van der Waals surface area contributed by atoms with E-state index in [1.807, 2.05) is 44.2 Å². The van der Waals surface area contributed by atoms with E-state index < -0.39 is 0 Å². The number of hydrogen-bond donors (Lipinski definition) is 2. The number of H-pyrrole nitrogens is 1. The molecule has 0 saturated carbocycles. The molecule has 1 aliphatic rings. The minimum Gasteiger partial charge on any atom is -0.379 e. The smallest absolute Gasteiger partial charge is 0.252 e. The first-order chi connectivity index (χ1) is 12.6.